The molecule has 1 unspecified atom stereocenters. The average molecular weight is 337 g/mol. The van der Waals surface area contributed by atoms with E-state index in [-0.39, 0.29) is 25.1 Å². The zero-order valence-corrected chi connectivity index (χ0v) is 13.8. The highest BCUT2D eigenvalue weighted by molar-refractivity contribution is 5.90. The Morgan fingerprint density at radius 1 is 1.48 bits per heavy atom. The minimum Gasteiger partial charge on any atom is -0.349 e. The van der Waals surface area contributed by atoms with Crippen molar-refractivity contribution < 1.29 is 6.22 Å². The molecule has 128 valence electrons. The standard InChI is InChI=1S/C17H17N7O.H2/c1-12-14(5-6-23(12)10-19)9-20-17(25)16-21-11-24(22-16)15-4-2-3-13(7-15)8-18;/h2-4,7,11-12,14H,5-6,9H2,1H3,(H,20,25);1H/t12-,14?;/m1./s1. The Labute approximate surface area is 146 Å². The van der Waals surface area contributed by atoms with E-state index < -0.39 is 0 Å². The maximum atomic E-state index is 12.2. The van der Waals surface area contributed by atoms with Crippen LogP contribution in [0.1, 0.15) is 31.0 Å². The van der Waals surface area contributed by atoms with Gasteiger partial charge in [0.2, 0.25) is 5.82 Å². The normalized spacial score (nSPS) is 19.2. The lowest BCUT2D eigenvalue weighted by Gasteiger charge is -2.19. The topological polar surface area (TPSA) is 111 Å². The largest absolute Gasteiger partial charge is 0.349 e. The van der Waals surface area contributed by atoms with Crippen LogP contribution >= 0.6 is 0 Å². The molecule has 8 heteroatoms. The van der Waals surface area contributed by atoms with Gasteiger partial charge in [0.25, 0.3) is 5.91 Å². The zero-order valence-electron chi connectivity index (χ0n) is 13.8. The Bertz CT molecular complexity index is 866. The van der Waals surface area contributed by atoms with E-state index in [4.69, 9.17) is 10.5 Å². The Balaban J connectivity index is 0.00000243. The minimum atomic E-state index is -0.349. The first-order valence-corrected chi connectivity index (χ1v) is 7.99. The second-order valence-corrected chi connectivity index (χ2v) is 5.97. The van der Waals surface area contributed by atoms with Crippen LogP contribution in [-0.4, -0.2) is 44.7 Å². The number of nitrogens with zero attached hydrogens (tertiary/aromatic N) is 6. The molecule has 1 aliphatic rings. The van der Waals surface area contributed by atoms with Gasteiger partial charge in [-0.15, -0.1) is 5.10 Å². The quantitative estimate of drug-likeness (QED) is 0.842. The molecule has 25 heavy (non-hydrogen) atoms. The third kappa shape index (κ3) is 3.43. The first-order chi connectivity index (χ1) is 12.1. The van der Waals surface area contributed by atoms with Crippen LogP contribution in [-0.2, 0) is 0 Å². The molecule has 1 fully saturated rings. The summed E-state index contributed by atoms with van der Waals surface area (Å²) >= 11 is 0. The Morgan fingerprint density at radius 3 is 3.04 bits per heavy atom. The molecule has 1 aromatic carbocycles. The number of carbonyl (C=O) groups is 1. The molecule has 3 rings (SSSR count). The molecule has 1 aliphatic heterocycles. The van der Waals surface area contributed by atoms with Crippen LogP contribution < -0.4 is 5.32 Å². The highest BCUT2D eigenvalue weighted by atomic mass is 16.2. The molecule has 0 saturated carbocycles. The maximum absolute atomic E-state index is 12.2. The van der Waals surface area contributed by atoms with Gasteiger partial charge in [-0.05, 0) is 37.5 Å². The molecule has 1 saturated heterocycles. The number of aromatic nitrogens is 3. The summed E-state index contributed by atoms with van der Waals surface area (Å²) in [6.07, 6.45) is 4.48. The third-order valence-electron chi connectivity index (χ3n) is 4.50. The minimum absolute atomic E-state index is 0. The van der Waals surface area contributed by atoms with E-state index in [1.54, 1.807) is 29.2 Å². The van der Waals surface area contributed by atoms with Crippen LogP contribution in [0.4, 0.5) is 0 Å². The summed E-state index contributed by atoms with van der Waals surface area (Å²) in [6, 6.07) is 9.08. The van der Waals surface area contributed by atoms with Gasteiger partial charge in [-0.3, -0.25) is 4.79 Å². The van der Waals surface area contributed by atoms with Crippen molar-refractivity contribution in [3.8, 4) is 17.9 Å². The van der Waals surface area contributed by atoms with E-state index in [1.807, 2.05) is 6.92 Å². The fraction of sp³-hybridized carbons (Fsp3) is 0.353. The smallest absolute Gasteiger partial charge is 0.290 e. The zero-order chi connectivity index (χ0) is 17.8. The third-order valence-corrected chi connectivity index (χ3v) is 4.50. The van der Waals surface area contributed by atoms with Crippen LogP contribution in [0.2, 0.25) is 0 Å². The van der Waals surface area contributed by atoms with E-state index in [2.05, 4.69) is 27.7 Å². The van der Waals surface area contributed by atoms with Crippen LogP contribution in [0.5, 0.6) is 0 Å². The van der Waals surface area contributed by atoms with Crippen LogP contribution in [0.3, 0.4) is 0 Å². The summed E-state index contributed by atoms with van der Waals surface area (Å²) in [5.74, 6) is -0.0408. The van der Waals surface area contributed by atoms with Crippen LogP contribution in [0.15, 0.2) is 30.6 Å². The van der Waals surface area contributed by atoms with Gasteiger partial charge in [0.05, 0.1) is 17.3 Å². The van der Waals surface area contributed by atoms with Crippen molar-refractivity contribution in [2.75, 3.05) is 13.1 Å². The van der Waals surface area contributed by atoms with Gasteiger partial charge in [-0.1, -0.05) is 6.07 Å². The van der Waals surface area contributed by atoms with Crippen LogP contribution in [0.25, 0.3) is 5.69 Å². The molecule has 2 aromatic rings. The number of nitriles is 2. The fourth-order valence-electron chi connectivity index (χ4n) is 2.93. The lowest BCUT2D eigenvalue weighted by Crippen LogP contribution is -2.35. The average Bonchev–Trinajstić information content (AvgIpc) is 3.27. The summed E-state index contributed by atoms with van der Waals surface area (Å²) in [5.41, 5.74) is 1.18. The molecule has 0 radical (unpaired) electrons. The van der Waals surface area contributed by atoms with Gasteiger partial charge in [0.1, 0.15) is 6.33 Å². The van der Waals surface area contributed by atoms with E-state index >= 15 is 0 Å². The van der Waals surface area contributed by atoms with Gasteiger partial charge in [0.15, 0.2) is 6.19 Å². The summed E-state index contributed by atoms with van der Waals surface area (Å²) in [5, 5.41) is 25.0. The van der Waals surface area contributed by atoms with Gasteiger partial charge in [-0.25, -0.2) is 9.67 Å². The van der Waals surface area contributed by atoms with E-state index in [1.165, 1.54) is 11.0 Å². The highest BCUT2D eigenvalue weighted by Crippen LogP contribution is 2.22. The monoisotopic (exact) mass is 337 g/mol. The molecule has 1 amide bonds. The first kappa shape index (κ1) is 16.5. The molecule has 0 bridgehead atoms. The SMILES string of the molecule is C[C@@H]1C(CNC(=O)c2ncn(-c3cccc(C#N)c3)n2)CCN1C#N.[HH]. The fourth-order valence-corrected chi connectivity index (χ4v) is 2.93. The molecular weight excluding hydrogens is 318 g/mol. The number of carbonyl (C=O) groups excluding carboxylic acids is 1. The van der Waals surface area contributed by atoms with Crippen molar-refractivity contribution >= 4 is 5.91 Å². The number of hydrogen-bond acceptors (Lipinski definition) is 6. The van der Waals surface area contributed by atoms with Gasteiger partial charge in [0, 0.05) is 20.6 Å². The second kappa shape index (κ2) is 7.02. The Hall–Kier alpha value is -3.39. The molecule has 8 nitrogen and oxygen atoms in total. The Morgan fingerprint density at radius 2 is 2.32 bits per heavy atom. The number of benzene rings is 1. The number of amides is 1. The molecule has 1 aromatic heterocycles. The molecule has 2 heterocycles. The molecule has 2 atom stereocenters. The molecule has 0 aliphatic carbocycles. The molecule has 0 spiro atoms. The van der Waals surface area contributed by atoms with E-state index in [0.717, 1.165) is 13.0 Å². The number of rotatable bonds is 4. The Kier molecular flexibility index (Phi) is 4.62. The molecular formula is C17H19N7O. The number of nitrogens with one attached hydrogen (secondary N) is 1. The summed E-state index contributed by atoms with van der Waals surface area (Å²) in [6.45, 7) is 3.19. The summed E-state index contributed by atoms with van der Waals surface area (Å²) in [7, 11) is 0. The van der Waals surface area contributed by atoms with E-state index in [9.17, 15) is 4.79 Å². The lowest BCUT2D eigenvalue weighted by molar-refractivity contribution is 0.0935. The van der Waals surface area contributed by atoms with Crippen molar-refractivity contribution in [3.05, 3.63) is 42.0 Å². The maximum Gasteiger partial charge on any atom is 0.290 e. The van der Waals surface area contributed by atoms with Crippen molar-refractivity contribution in [2.24, 2.45) is 5.92 Å². The second-order valence-electron chi connectivity index (χ2n) is 5.97. The lowest BCUT2D eigenvalue weighted by atomic mass is 10.0. The number of hydrogen-bond donors (Lipinski definition) is 1. The molecule has 1 N–H and O–H groups in total. The van der Waals surface area contributed by atoms with Crippen molar-refractivity contribution in [3.63, 3.8) is 0 Å². The highest BCUT2D eigenvalue weighted by Gasteiger charge is 2.30. The predicted molar refractivity (Wildman–Crippen MR) is 90.4 cm³/mol. The first-order valence-electron chi connectivity index (χ1n) is 7.99. The summed E-state index contributed by atoms with van der Waals surface area (Å²) in [4.78, 5) is 18.0. The van der Waals surface area contributed by atoms with Crippen molar-refractivity contribution in [1.82, 2.24) is 25.0 Å². The van der Waals surface area contributed by atoms with Gasteiger partial charge < -0.3 is 10.2 Å². The van der Waals surface area contributed by atoms with Crippen molar-refractivity contribution in [1.29, 1.82) is 10.5 Å². The summed E-state index contributed by atoms with van der Waals surface area (Å²) < 4.78 is 1.46. The van der Waals surface area contributed by atoms with Gasteiger partial charge >= 0.3 is 0 Å². The number of likely N-dealkylation sites (tertiary alicyclic amines) is 1. The predicted octanol–water partition coefficient (Wildman–Crippen LogP) is 1.31. The van der Waals surface area contributed by atoms with E-state index in [0.29, 0.717) is 17.8 Å². The van der Waals surface area contributed by atoms with Crippen molar-refractivity contribution in [2.45, 2.75) is 19.4 Å². The van der Waals surface area contributed by atoms with Gasteiger partial charge in [-0.2, -0.15) is 10.5 Å². The van der Waals surface area contributed by atoms with Crippen LogP contribution in [0, 0.1) is 28.7 Å².